The molecule has 0 saturated carbocycles. The number of fused-ring (bicyclic) bond motifs is 1. The number of hydrogen-bond donors (Lipinski definition) is 2. The Morgan fingerprint density at radius 2 is 2.00 bits per heavy atom. The lowest BCUT2D eigenvalue weighted by molar-refractivity contribution is -0.131. The average molecular weight is 522 g/mol. The highest BCUT2D eigenvalue weighted by molar-refractivity contribution is 5.87. The number of aromatic amines is 1. The van der Waals surface area contributed by atoms with Crippen molar-refractivity contribution >= 4 is 22.6 Å². The maximum Gasteiger partial charge on any atom is 0.226 e. The Labute approximate surface area is 224 Å². The molecule has 38 heavy (non-hydrogen) atoms. The van der Waals surface area contributed by atoms with Gasteiger partial charge in [0.25, 0.3) is 0 Å². The summed E-state index contributed by atoms with van der Waals surface area (Å²) in [5.74, 6) is 1.77. The van der Waals surface area contributed by atoms with Crippen molar-refractivity contribution in [2.24, 2.45) is 5.92 Å². The normalized spacial score (nSPS) is 14.8. The smallest absolute Gasteiger partial charge is 0.226 e. The molecule has 0 radical (unpaired) electrons. The molecule has 1 atom stereocenters. The minimum Gasteiger partial charge on any atom is -0.496 e. The third-order valence-corrected chi connectivity index (χ3v) is 7.20. The molecule has 3 heterocycles. The number of nitrogens with zero attached hydrogens (tertiary/aromatic N) is 3. The molecule has 1 amide bonds. The monoisotopic (exact) mass is 521 g/mol. The molecular formula is C29H39N5O4. The van der Waals surface area contributed by atoms with E-state index < -0.39 is 0 Å². The summed E-state index contributed by atoms with van der Waals surface area (Å²) in [7, 11) is 3.34. The number of benzene rings is 1. The third-order valence-electron chi connectivity index (χ3n) is 7.20. The molecule has 9 heteroatoms. The SMILES string of the molecule is CCC(=O)CCCCC[C@H](NC(=O)C1CN(CCOC)C1)c1ncc(-c2cc(OC)c3ccccc3n2)[nH]1. The molecule has 0 spiro atoms. The fourth-order valence-corrected chi connectivity index (χ4v) is 4.82. The second kappa shape index (κ2) is 13.5. The van der Waals surface area contributed by atoms with Crippen LogP contribution in [0.2, 0.25) is 0 Å². The van der Waals surface area contributed by atoms with E-state index in [2.05, 4.69) is 20.2 Å². The Balaban J connectivity index is 1.46. The van der Waals surface area contributed by atoms with Crippen molar-refractivity contribution in [1.29, 1.82) is 0 Å². The van der Waals surface area contributed by atoms with Crippen molar-refractivity contribution in [2.75, 3.05) is 40.5 Å². The molecule has 4 rings (SSSR count). The number of unbranched alkanes of at least 4 members (excludes halogenated alkanes) is 2. The summed E-state index contributed by atoms with van der Waals surface area (Å²) in [6.45, 7) is 4.89. The number of likely N-dealkylation sites (tertiary alicyclic amines) is 1. The van der Waals surface area contributed by atoms with E-state index in [-0.39, 0.29) is 17.9 Å². The lowest BCUT2D eigenvalue weighted by Gasteiger charge is -2.38. The molecule has 0 bridgehead atoms. The van der Waals surface area contributed by atoms with Crippen LogP contribution >= 0.6 is 0 Å². The maximum atomic E-state index is 13.1. The zero-order valence-corrected chi connectivity index (χ0v) is 22.7. The van der Waals surface area contributed by atoms with Crippen LogP contribution in [0.4, 0.5) is 0 Å². The summed E-state index contributed by atoms with van der Waals surface area (Å²) in [6, 6.07) is 9.52. The zero-order valence-electron chi connectivity index (χ0n) is 22.7. The molecule has 204 valence electrons. The predicted molar refractivity (Wildman–Crippen MR) is 147 cm³/mol. The molecule has 1 aliphatic rings. The summed E-state index contributed by atoms with van der Waals surface area (Å²) in [5, 5.41) is 4.19. The molecule has 1 fully saturated rings. The predicted octanol–water partition coefficient (Wildman–Crippen LogP) is 4.30. The summed E-state index contributed by atoms with van der Waals surface area (Å²) in [5.41, 5.74) is 2.34. The van der Waals surface area contributed by atoms with Crippen molar-refractivity contribution < 1.29 is 19.1 Å². The highest BCUT2D eigenvalue weighted by Gasteiger charge is 2.33. The molecule has 1 aromatic carbocycles. The number of amides is 1. The van der Waals surface area contributed by atoms with Crippen LogP contribution in [0.3, 0.4) is 0 Å². The van der Waals surface area contributed by atoms with Crippen molar-refractivity contribution in [1.82, 2.24) is 25.2 Å². The van der Waals surface area contributed by atoms with Gasteiger partial charge in [0.2, 0.25) is 5.91 Å². The number of carbonyl (C=O) groups excluding carboxylic acids is 2. The van der Waals surface area contributed by atoms with Gasteiger partial charge in [-0.05, 0) is 25.0 Å². The molecule has 3 aromatic rings. The molecule has 2 aromatic heterocycles. The van der Waals surface area contributed by atoms with Gasteiger partial charge < -0.3 is 19.8 Å². The molecular weight excluding hydrogens is 482 g/mol. The first kappa shape index (κ1) is 27.7. The van der Waals surface area contributed by atoms with E-state index in [4.69, 9.17) is 14.5 Å². The molecule has 0 aliphatic carbocycles. The van der Waals surface area contributed by atoms with E-state index >= 15 is 0 Å². The highest BCUT2D eigenvalue weighted by atomic mass is 16.5. The summed E-state index contributed by atoms with van der Waals surface area (Å²) >= 11 is 0. The summed E-state index contributed by atoms with van der Waals surface area (Å²) in [4.78, 5) is 39.8. The lowest BCUT2D eigenvalue weighted by Crippen LogP contribution is -2.54. The number of ether oxygens (including phenoxy) is 2. The van der Waals surface area contributed by atoms with Crippen LogP contribution in [0, 0.1) is 5.92 Å². The number of para-hydroxylation sites is 1. The number of Topliss-reactive ketones (excluding diaryl/α,β-unsaturated/α-hetero) is 1. The van der Waals surface area contributed by atoms with E-state index in [1.807, 2.05) is 37.3 Å². The van der Waals surface area contributed by atoms with Crippen molar-refractivity contribution in [2.45, 2.75) is 51.5 Å². The van der Waals surface area contributed by atoms with Crippen LogP contribution in [0.5, 0.6) is 5.75 Å². The van der Waals surface area contributed by atoms with Gasteiger partial charge in [-0.25, -0.2) is 9.97 Å². The van der Waals surface area contributed by atoms with Gasteiger partial charge in [-0.3, -0.25) is 14.5 Å². The number of hydrogen-bond acceptors (Lipinski definition) is 7. The van der Waals surface area contributed by atoms with Crippen LogP contribution in [-0.2, 0) is 14.3 Å². The van der Waals surface area contributed by atoms with E-state index in [9.17, 15) is 9.59 Å². The quantitative estimate of drug-likeness (QED) is 0.287. The maximum absolute atomic E-state index is 13.1. The molecule has 1 saturated heterocycles. The van der Waals surface area contributed by atoms with Gasteiger partial charge in [0.15, 0.2) is 0 Å². The number of ketones is 1. The average Bonchev–Trinajstić information content (AvgIpc) is 3.41. The Hall–Kier alpha value is -3.30. The number of aromatic nitrogens is 3. The molecule has 2 N–H and O–H groups in total. The van der Waals surface area contributed by atoms with Crippen LogP contribution in [0.25, 0.3) is 22.3 Å². The van der Waals surface area contributed by atoms with Gasteiger partial charge >= 0.3 is 0 Å². The topological polar surface area (TPSA) is 109 Å². The van der Waals surface area contributed by atoms with Crippen molar-refractivity contribution in [3.05, 3.63) is 42.4 Å². The van der Waals surface area contributed by atoms with Gasteiger partial charge in [-0.2, -0.15) is 0 Å². The largest absolute Gasteiger partial charge is 0.496 e. The van der Waals surface area contributed by atoms with Gasteiger partial charge in [-0.1, -0.05) is 31.9 Å². The van der Waals surface area contributed by atoms with E-state index in [1.165, 1.54) is 0 Å². The first-order chi connectivity index (χ1) is 18.5. The van der Waals surface area contributed by atoms with Crippen molar-refractivity contribution in [3.8, 4) is 17.1 Å². The first-order valence-corrected chi connectivity index (χ1v) is 13.5. The minimum atomic E-state index is -0.242. The van der Waals surface area contributed by atoms with Crippen molar-refractivity contribution in [3.63, 3.8) is 0 Å². The molecule has 0 unspecified atom stereocenters. The number of rotatable bonds is 15. The van der Waals surface area contributed by atoms with Gasteiger partial charge in [0.05, 0.1) is 48.8 Å². The van der Waals surface area contributed by atoms with Crippen LogP contribution in [0.15, 0.2) is 36.5 Å². The van der Waals surface area contributed by atoms with Crippen LogP contribution in [0.1, 0.15) is 57.3 Å². The number of H-pyrrole nitrogens is 1. The summed E-state index contributed by atoms with van der Waals surface area (Å²) in [6.07, 6.45) is 6.41. The Kier molecular flexibility index (Phi) is 9.84. The van der Waals surface area contributed by atoms with E-state index in [0.717, 1.165) is 73.4 Å². The zero-order chi connectivity index (χ0) is 26.9. The fraction of sp³-hybridized carbons (Fsp3) is 0.517. The Bertz CT molecular complexity index is 1220. The Morgan fingerprint density at radius 3 is 2.76 bits per heavy atom. The number of nitrogens with one attached hydrogen (secondary N) is 2. The second-order valence-electron chi connectivity index (χ2n) is 9.91. The number of pyridine rings is 1. The van der Waals surface area contributed by atoms with Gasteiger partial charge in [0.1, 0.15) is 17.4 Å². The minimum absolute atomic E-state index is 0.0302. The second-order valence-corrected chi connectivity index (χ2v) is 9.91. The third kappa shape index (κ3) is 6.96. The highest BCUT2D eigenvalue weighted by Crippen LogP contribution is 2.30. The lowest BCUT2D eigenvalue weighted by atomic mass is 9.98. The number of carbonyl (C=O) groups is 2. The summed E-state index contributed by atoms with van der Waals surface area (Å²) < 4.78 is 10.7. The number of imidazole rings is 1. The van der Waals surface area contributed by atoms with E-state index in [1.54, 1.807) is 20.4 Å². The van der Waals surface area contributed by atoms with Crippen LogP contribution in [-0.4, -0.2) is 72.0 Å². The Morgan fingerprint density at radius 1 is 1.18 bits per heavy atom. The van der Waals surface area contributed by atoms with Crippen LogP contribution < -0.4 is 10.1 Å². The standard InChI is InChI=1S/C29H39N5O4/c1-4-21(35)10-6-5-7-13-24(33-29(36)20-18-34(19-20)14-15-37-2)28-30-17-26(32-28)25-16-27(38-3)22-11-8-9-12-23(22)31-25/h8-9,11-12,16-17,20,24H,4-7,10,13-15,18-19H2,1-3H3,(H,30,32)(H,33,36)/t24-/m0/s1. The van der Waals surface area contributed by atoms with E-state index in [0.29, 0.717) is 31.1 Å². The molecule has 1 aliphatic heterocycles. The molecule has 9 nitrogen and oxygen atoms in total. The van der Waals surface area contributed by atoms with Gasteiger partial charge in [0, 0.05) is 51.0 Å². The number of methoxy groups -OCH3 is 2. The first-order valence-electron chi connectivity index (χ1n) is 13.5. The fourth-order valence-electron chi connectivity index (χ4n) is 4.82. The van der Waals surface area contributed by atoms with Gasteiger partial charge in [-0.15, -0.1) is 0 Å².